The molecule has 134 valence electrons. The Morgan fingerprint density at radius 1 is 1.21 bits per heavy atom. The fraction of sp³-hybridized carbons (Fsp3) is 0.571. The van der Waals surface area contributed by atoms with Gasteiger partial charge in [0.2, 0.25) is 0 Å². The minimum Gasteiger partial charge on any atom is -0.493 e. The van der Waals surface area contributed by atoms with E-state index in [1.165, 1.54) is 19.1 Å². The van der Waals surface area contributed by atoms with Gasteiger partial charge in [-0.3, -0.25) is 15.0 Å². The zero-order valence-corrected chi connectivity index (χ0v) is 13.2. The highest BCUT2D eigenvalue weighted by Gasteiger charge is 2.48. The summed E-state index contributed by atoms with van der Waals surface area (Å²) in [5.74, 6) is 0.0247. The average molecular weight is 349 g/mol. The van der Waals surface area contributed by atoms with Crippen molar-refractivity contribution in [1.82, 2.24) is 10.2 Å². The number of alkyl halides is 3. The lowest BCUT2D eigenvalue weighted by Gasteiger charge is -2.36. The van der Waals surface area contributed by atoms with Gasteiger partial charge in [0.05, 0.1) is 30.8 Å². The molecule has 1 fully saturated rings. The Morgan fingerprint density at radius 2 is 1.75 bits per heavy atom. The third-order valence-corrected chi connectivity index (χ3v) is 3.85. The number of nitro groups is 1. The minimum atomic E-state index is -4.66. The summed E-state index contributed by atoms with van der Waals surface area (Å²) in [6, 6.07) is -0.0773. The van der Waals surface area contributed by atoms with E-state index >= 15 is 0 Å². The van der Waals surface area contributed by atoms with Gasteiger partial charge in [-0.2, -0.15) is 13.2 Å². The second-order valence-corrected chi connectivity index (χ2v) is 5.25. The number of piperazine rings is 1. The topological polar surface area (TPSA) is 76.9 Å². The summed E-state index contributed by atoms with van der Waals surface area (Å²) in [5.41, 5.74) is -1.10. The molecular formula is C14H18F3N3O4. The largest absolute Gasteiger partial charge is 0.493 e. The molecule has 1 aliphatic rings. The molecular weight excluding hydrogens is 331 g/mol. The predicted octanol–water partition coefficient (Wildman–Crippen LogP) is 2.12. The van der Waals surface area contributed by atoms with Crippen LogP contribution >= 0.6 is 0 Å². The molecule has 0 unspecified atom stereocenters. The van der Waals surface area contributed by atoms with Crippen LogP contribution in [0.4, 0.5) is 18.9 Å². The Hall–Kier alpha value is -2.07. The monoisotopic (exact) mass is 349 g/mol. The summed E-state index contributed by atoms with van der Waals surface area (Å²) in [4.78, 5) is 11.7. The number of nitro benzene ring substituents is 1. The number of hydrogen-bond donors (Lipinski definition) is 1. The van der Waals surface area contributed by atoms with Crippen molar-refractivity contribution in [2.45, 2.75) is 12.2 Å². The minimum absolute atomic E-state index is 0.00850. The van der Waals surface area contributed by atoms with Crippen LogP contribution in [0.15, 0.2) is 12.1 Å². The second kappa shape index (κ2) is 7.22. The smallest absolute Gasteiger partial charge is 0.408 e. The quantitative estimate of drug-likeness (QED) is 0.648. The van der Waals surface area contributed by atoms with Crippen LogP contribution in [0.2, 0.25) is 0 Å². The molecule has 0 spiro atoms. The Morgan fingerprint density at radius 3 is 2.21 bits per heavy atom. The molecule has 10 heteroatoms. The molecule has 1 saturated heterocycles. The van der Waals surface area contributed by atoms with Gasteiger partial charge in [-0.05, 0) is 6.07 Å². The van der Waals surface area contributed by atoms with E-state index in [-0.39, 0.29) is 24.6 Å². The highest BCUT2D eigenvalue weighted by Crippen LogP contribution is 2.45. The van der Waals surface area contributed by atoms with Gasteiger partial charge in [0.1, 0.15) is 6.04 Å². The standard InChI is InChI=1S/C14H18F3N3O4/c1-23-11-7-9(10(20(21)22)8-12(11)24-2)13(14(15,16)17)19-5-3-18-4-6-19/h7-8,13,18H,3-6H2,1-2H3/t13-/m1/s1. The number of ether oxygens (including phenoxy) is 2. The third kappa shape index (κ3) is 3.70. The first-order valence-electron chi connectivity index (χ1n) is 7.21. The van der Waals surface area contributed by atoms with Crippen molar-refractivity contribution < 1.29 is 27.6 Å². The van der Waals surface area contributed by atoms with E-state index in [2.05, 4.69) is 5.32 Å². The van der Waals surface area contributed by atoms with E-state index < -0.39 is 28.4 Å². The van der Waals surface area contributed by atoms with Crippen LogP contribution in [0, 0.1) is 10.1 Å². The normalized spacial score (nSPS) is 17.4. The molecule has 24 heavy (non-hydrogen) atoms. The van der Waals surface area contributed by atoms with Crippen molar-refractivity contribution in [1.29, 1.82) is 0 Å². The van der Waals surface area contributed by atoms with Gasteiger partial charge >= 0.3 is 6.18 Å². The maximum Gasteiger partial charge on any atom is 0.408 e. The Bertz CT molecular complexity index is 604. The molecule has 1 aliphatic heterocycles. The van der Waals surface area contributed by atoms with E-state index in [1.807, 2.05) is 0 Å². The molecule has 1 heterocycles. The first-order valence-corrected chi connectivity index (χ1v) is 7.21. The maximum atomic E-state index is 13.7. The van der Waals surface area contributed by atoms with Crippen LogP contribution in [0.3, 0.4) is 0 Å². The van der Waals surface area contributed by atoms with Gasteiger partial charge < -0.3 is 14.8 Å². The molecule has 7 nitrogen and oxygen atoms in total. The fourth-order valence-electron chi connectivity index (χ4n) is 2.78. The van der Waals surface area contributed by atoms with Crippen LogP contribution in [-0.2, 0) is 0 Å². The lowest BCUT2D eigenvalue weighted by Crippen LogP contribution is -2.49. The third-order valence-electron chi connectivity index (χ3n) is 3.85. The highest BCUT2D eigenvalue weighted by atomic mass is 19.4. The first kappa shape index (κ1) is 18.3. The predicted molar refractivity (Wildman–Crippen MR) is 79.4 cm³/mol. The lowest BCUT2D eigenvalue weighted by atomic mass is 10.0. The van der Waals surface area contributed by atoms with E-state index in [4.69, 9.17) is 9.47 Å². The number of hydrogen-bond acceptors (Lipinski definition) is 6. The van der Waals surface area contributed by atoms with Crippen molar-refractivity contribution in [3.63, 3.8) is 0 Å². The summed E-state index contributed by atoms with van der Waals surface area (Å²) < 4.78 is 51.1. The summed E-state index contributed by atoms with van der Waals surface area (Å²) in [6.45, 7) is 1.03. The zero-order valence-electron chi connectivity index (χ0n) is 13.2. The second-order valence-electron chi connectivity index (χ2n) is 5.25. The molecule has 1 atom stereocenters. The number of halogens is 3. The van der Waals surface area contributed by atoms with Crippen LogP contribution in [0.1, 0.15) is 11.6 Å². The number of nitrogens with one attached hydrogen (secondary N) is 1. The van der Waals surface area contributed by atoms with Crippen LogP contribution < -0.4 is 14.8 Å². The fourth-order valence-corrected chi connectivity index (χ4v) is 2.78. The van der Waals surface area contributed by atoms with E-state index in [9.17, 15) is 23.3 Å². The van der Waals surface area contributed by atoms with Crippen molar-refractivity contribution >= 4 is 5.69 Å². The summed E-state index contributed by atoms with van der Waals surface area (Å²) in [6.07, 6.45) is -4.66. The Labute approximate surface area is 136 Å². The summed E-state index contributed by atoms with van der Waals surface area (Å²) >= 11 is 0. The van der Waals surface area contributed by atoms with E-state index in [0.29, 0.717) is 13.1 Å². The van der Waals surface area contributed by atoms with Gasteiger partial charge in [-0.15, -0.1) is 0 Å². The van der Waals surface area contributed by atoms with Crippen molar-refractivity contribution in [2.75, 3.05) is 40.4 Å². The molecule has 0 bridgehead atoms. The van der Waals surface area contributed by atoms with Crippen molar-refractivity contribution in [2.24, 2.45) is 0 Å². The van der Waals surface area contributed by atoms with Gasteiger partial charge in [0.15, 0.2) is 11.5 Å². The number of rotatable bonds is 5. The first-order chi connectivity index (χ1) is 11.3. The summed E-state index contributed by atoms with van der Waals surface area (Å²) in [7, 11) is 2.53. The molecule has 1 aromatic rings. The Kier molecular flexibility index (Phi) is 5.50. The van der Waals surface area contributed by atoms with Gasteiger partial charge in [-0.1, -0.05) is 0 Å². The Balaban J connectivity index is 2.61. The average Bonchev–Trinajstić information content (AvgIpc) is 2.54. The lowest BCUT2D eigenvalue weighted by molar-refractivity contribution is -0.386. The zero-order chi connectivity index (χ0) is 17.9. The number of benzene rings is 1. The van der Waals surface area contributed by atoms with Crippen molar-refractivity contribution in [3.05, 3.63) is 27.8 Å². The number of methoxy groups -OCH3 is 2. The molecule has 1 N–H and O–H groups in total. The van der Waals surface area contributed by atoms with E-state index in [0.717, 1.165) is 12.1 Å². The molecule has 2 rings (SSSR count). The van der Waals surface area contributed by atoms with Crippen molar-refractivity contribution in [3.8, 4) is 11.5 Å². The molecule has 0 radical (unpaired) electrons. The molecule has 0 aromatic heterocycles. The van der Waals surface area contributed by atoms with Crippen LogP contribution in [-0.4, -0.2) is 56.4 Å². The highest BCUT2D eigenvalue weighted by molar-refractivity contribution is 5.55. The molecule has 0 saturated carbocycles. The summed E-state index contributed by atoms with van der Waals surface area (Å²) in [5, 5.41) is 14.3. The molecule has 0 amide bonds. The number of nitrogens with zero attached hydrogens (tertiary/aromatic N) is 2. The molecule has 1 aromatic carbocycles. The van der Waals surface area contributed by atoms with Gasteiger partial charge in [0.25, 0.3) is 5.69 Å². The van der Waals surface area contributed by atoms with Gasteiger partial charge in [-0.25, -0.2) is 0 Å². The molecule has 0 aliphatic carbocycles. The van der Waals surface area contributed by atoms with Crippen LogP contribution in [0.5, 0.6) is 11.5 Å². The van der Waals surface area contributed by atoms with E-state index in [1.54, 1.807) is 0 Å². The van der Waals surface area contributed by atoms with Gasteiger partial charge in [0, 0.05) is 26.2 Å². The maximum absolute atomic E-state index is 13.7. The van der Waals surface area contributed by atoms with Crippen LogP contribution in [0.25, 0.3) is 0 Å². The SMILES string of the molecule is COc1cc([C@@H](N2CCNCC2)C(F)(F)F)c([N+](=O)[O-])cc1OC.